The van der Waals surface area contributed by atoms with E-state index in [1.54, 1.807) is 25.1 Å². The molecule has 5 heteroatoms. The van der Waals surface area contributed by atoms with Crippen molar-refractivity contribution in [3.8, 4) is 0 Å². The topological polar surface area (TPSA) is 49.4 Å². The first kappa shape index (κ1) is 21.6. The second kappa shape index (κ2) is 10.6. The average Bonchev–Trinajstić information content (AvgIpc) is 2.68. The first-order valence-corrected chi connectivity index (χ1v) is 9.78. The van der Waals surface area contributed by atoms with Gasteiger partial charge in [0.05, 0.1) is 6.42 Å². The van der Waals surface area contributed by atoms with Crippen LogP contribution in [0, 0.1) is 12.7 Å². The second-order valence-electron chi connectivity index (χ2n) is 7.10. The maximum Gasteiger partial charge on any atom is 0.242 e. The lowest BCUT2D eigenvalue weighted by Gasteiger charge is -2.29. The van der Waals surface area contributed by atoms with Gasteiger partial charge in [-0.2, -0.15) is 0 Å². The Morgan fingerprint density at radius 3 is 2.43 bits per heavy atom. The summed E-state index contributed by atoms with van der Waals surface area (Å²) in [6.45, 7) is 6.65. The van der Waals surface area contributed by atoms with Crippen LogP contribution in [0.1, 0.15) is 43.4 Å². The molecule has 0 heterocycles. The highest BCUT2D eigenvalue weighted by Crippen LogP contribution is 2.15. The molecule has 0 radical (unpaired) electrons. The first-order valence-electron chi connectivity index (χ1n) is 9.78. The number of unbranched alkanes of at least 4 members (excludes halogenated alkanes) is 1. The van der Waals surface area contributed by atoms with Crippen molar-refractivity contribution in [2.24, 2.45) is 0 Å². The molecule has 2 aromatic carbocycles. The fraction of sp³-hybridized carbons (Fsp3) is 0.391. The van der Waals surface area contributed by atoms with E-state index in [9.17, 15) is 14.0 Å². The summed E-state index contributed by atoms with van der Waals surface area (Å²) >= 11 is 0. The van der Waals surface area contributed by atoms with Crippen molar-refractivity contribution in [2.45, 2.75) is 52.6 Å². The molecule has 0 aliphatic heterocycles. The molecule has 2 aromatic rings. The van der Waals surface area contributed by atoms with Crippen LogP contribution >= 0.6 is 0 Å². The monoisotopic (exact) mass is 384 g/mol. The summed E-state index contributed by atoms with van der Waals surface area (Å²) in [7, 11) is 0. The highest BCUT2D eigenvalue weighted by atomic mass is 19.1. The minimum Gasteiger partial charge on any atom is -0.354 e. The Morgan fingerprint density at radius 2 is 1.79 bits per heavy atom. The summed E-state index contributed by atoms with van der Waals surface area (Å²) in [5.41, 5.74) is 2.39. The Kier molecular flexibility index (Phi) is 8.18. The molecule has 4 nitrogen and oxygen atoms in total. The molecule has 1 atom stereocenters. The predicted octanol–water partition coefficient (Wildman–Crippen LogP) is 4.01. The van der Waals surface area contributed by atoms with Crippen molar-refractivity contribution >= 4 is 11.8 Å². The second-order valence-corrected chi connectivity index (χ2v) is 7.10. The molecule has 0 saturated carbocycles. The third kappa shape index (κ3) is 6.19. The summed E-state index contributed by atoms with van der Waals surface area (Å²) in [6, 6.07) is 13.4. The van der Waals surface area contributed by atoms with Crippen LogP contribution in [0.3, 0.4) is 0 Å². The van der Waals surface area contributed by atoms with E-state index in [4.69, 9.17) is 0 Å². The minimum absolute atomic E-state index is 0.0783. The molecule has 28 heavy (non-hydrogen) atoms. The number of hydrogen-bond acceptors (Lipinski definition) is 2. The van der Waals surface area contributed by atoms with Gasteiger partial charge in [-0.25, -0.2) is 4.39 Å². The molecule has 0 spiro atoms. The number of benzene rings is 2. The summed E-state index contributed by atoms with van der Waals surface area (Å²) < 4.78 is 14.0. The van der Waals surface area contributed by atoms with Gasteiger partial charge in [-0.3, -0.25) is 9.59 Å². The number of hydrogen-bond donors (Lipinski definition) is 1. The van der Waals surface area contributed by atoms with Crippen molar-refractivity contribution in [1.29, 1.82) is 0 Å². The van der Waals surface area contributed by atoms with Crippen LogP contribution in [0.2, 0.25) is 0 Å². The van der Waals surface area contributed by atoms with Crippen molar-refractivity contribution < 1.29 is 14.0 Å². The van der Waals surface area contributed by atoms with Gasteiger partial charge in [0, 0.05) is 13.1 Å². The molecule has 1 N–H and O–H groups in total. The summed E-state index contributed by atoms with van der Waals surface area (Å²) in [6.07, 6.45) is 1.79. The van der Waals surface area contributed by atoms with E-state index in [0.717, 1.165) is 24.0 Å². The fourth-order valence-electron chi connectivity index (χ4n) is 2.92. The van der Waals surface area contributed by atoms with Crippen LogP contribution in [-0.2, 0) is 22.6 Å². The molecule has 0 aliphatic rings. The number of carbonyl (C=O) groups is 2. The number of amides is 2. The Bertz CT molecular complexity index is 789. The third-order valence-electron chi connectivity index (χ3n) is 4.77. The number of rotatable bonds is 9. The van der Waals surface area contributed by atoms with E-state index >= 15 is 0 Å². The zero-order valence-electron chi connectivity index (χ0n) is 16.9. The third-order valence-corrected chi connectivity index (χ3v) is 4.77. The van der Waals surface area contributed by atoms with Crippen molar-refractivity contribution in [2.75, 3.05) is 6.54 Å². The number of halogens is 1. The maximum absolute atomic E-state index is 14.0. The zero-order valence-corrected chi connectivity index (χ0v) is 16.9. The summed E-state index contributed by atoms with van der Waals surface area (Å²) in [5, 5.41) is 2.88. The molecule has 0 fully saturated rings. The number of nitrogens with zero attached hydrogens (tertiary/aromatic N) is 1. The predicted molar refractivity (Wildman–Crippen MR) is 109 cm³/mol. The van der Waals surface area contributed by atoms with Crippen LogP contribution in [-0.4, -0.2) is 29.3 Å². The lowest BCUT2D eigenvalue weighted by Crippen LogP contribution is -2.48. The smallest absolute Gasteiger partial charge is 0.242 e. The lowest BCUT2D eigenvalue weighted by molar-refractivity contribution is -0.140. The highest BCUT2D eigenvalue weighted by Gasteiger charge is 2.26. The van der Waals surface area contributed by atoms with Crippen LogP contribution in [0.5, 0.6) is 0 Å². The van der Waals surface area contributed by atoms with Crippen LogP contribution in [0.15, 0.2) is 48.5 Å². The number of aryl methyl sites for hydroxylation is 1. The Balaban J connectivity index is 2.18. The Labute approximate surface area is 166 Å². The lowest BCUT2D eigenvalue weighted by atomic mass is 10.1. The molecule has 0 bridgehead atoms. The van der Waals surface area contributed by atoms with E-state index in [-0.39, 0.29) is 18.2 Å². The standard InChI is InChI=1S/C23H29FN2O2/c1-4-5-14-25-23(28)18(3)26(16-19-12-10-17(2)11-13-19)22(27)15-20-8-6-7-9-21(20)24/h6-13,18H,4-5,14-16H2,1-3H3,(H,25,28). The van der Waals surface area contributed by atoms with Gasteiger partial charge in [-0.05, 0) is 37.5 Å². The van der Waals surface area contributed by atoms with Crippen molar-refractivity contribution in [3.05, 3.63) is 71.0 Å². The van der Waals surface area contributed by atoms with Crippen LogP contribution < -0.4 is 5.32 Å². The molecule has 1 unspecified atom stereocenters. The Hall–Kier alpha value is -2.69. The fourth-order valence-corrected chi connectivity index (χ4v) is 2.92. The molecule has 150 valence electrons. The molecular weight excluding hydrogens is 355 g/mol. The van der Waals surface area contributed by atoms with Gasteiger partial charge >= 0.3 is 0 Å². The number of carbonyl (C=O) groups excluding carboxylic acids is 2. The van der Waals surface area contributed by atoms with E-state index in [1.807, 2.05) is 31.2 Å². The van der Waals surface area contributed by atoms with Crippen LogP contribution in [0.4, 0.5) is 4.39 Å². The average molecular weight is 384 g/mol. The SMILES string of the molecule is CCCCNC(=O)C(C)N(Cc1ccc(C)cc1)C(=O)Cc1ccccc1F. The van der Waals surface area contributed by atoms with E-state index in [0.29, 0.717) is 18.7 Å². The van der Waals surface area contributed by atoms with Gasteiger partial charge in [0.15, 0.2) is 0 Å². The Morgan fingerprint density at radius 1 is 1.11 bits per heavy atom. The molecule has 2 rings (SSSR count). The van der Waals surface area contributed by atoms with Crippen LogP contribution in [0.25, 0.3) is 0 Å². The normalized spacial score (nSPS) is 11.7. The molecule has 0 aliphatic carbocycles. The van der Waals surface area contributed by atoms with E-state index in [2.05, 4.69) is 12.2 Å². The van der Waals surface area contributed by atoms with E-state index < -0.39 is 11.9 Å². The number of nitrogens with one attached hydrogen (secondary N) is 1. The minimum atomic E-state index is -0.641. The quantitative estimate of drug-likeness (QED) is 0.664. The van der Waals surface area contributed by atoms with Gasteiger partial charge < -0.3 is 10.2 Å². The molecule has 2 amide bonds. The molecule has 0 aromatic heterocycles. The van der Waals surface area contributed by atoms with Gasteiger partial charge in [-0.15, -0.1) is 0 Å². The van der Waals surface area contributed by atoms with Gasteiger partial charge in [0.25, 0.3) is 0 Å². The molecular formula is C23H29FN2O2. The van der Waals surface area contributed by atoms with Crippen molar-refractivity contribution in [1.82, 2.24) is 10.2 Å². The zero-order chi connectivity index (χ0) is 20.5. The largest absolute Gasteiger partial charge is 0.354 e. The van der Waals surface area contributed by atoms with Crippen molar-refractivity contribution in [3.63, 3.8) is 0 Å². The van der Waals surface area contributed by atoms with Gasteiger partial charge in [-0.1, -0.05) is 61.4 Å². The van der Waals surface area contributed by atoms with Gasteiger partial charge in [0.1, 0.15) is 11.9 Å². The maximum atomic E-state index is 14.0. The molecule has 0 saturated heterocycles. The highest BCUT2D eigenvalue weighted by molar-refractivity contribution is 5.88. The summed E-state index contributed by atoms with van der Waals surface area (Å²) in [5.74, 6) is -0.877. The van der Waals surface area contributed by atoms with E-state index in [1.165, 1.54) is 11.0 Å². The summed E-state index contributed by atoms with van der Waals surface area (Å²) in [4.78, 5) is 27.1. The van der Waals surface area contributed by atoms with Gasteiger partial charge in [0.2, 0.25) is 11.8 Å². The first-order chi connectivity index (χ1) is 13.4.